The molecule has 3 fully saturated rings. The first-order chi connectivity index (χ1) is 15.9. The Morgan fingerprint density at radius 3 is 2.70 bits per heavy atom. The second-order valence-electron chi connectivity index (χ2n) is 12.4. The van der Waals surface area contributed by atoms with Crippen LogP contribution in [0.2, 0.25) is 0 Å². The molecule has 2 aromatic heterocycles. The van der Waals surface area contributed by atoms with Crippen LogP contribution in [0, 0.1) is 34.5 Å². The minimum atomic E-state index is -0.447. The van der Waals surface area contributed by atoms with Gasteiger partial charge in [-0.2, -0.15) is 0 Å². The highest BCUT2D eigenvalue weighted by Crippen LogP contribution is 2.68. The zero-order valence-electron chi connectivity index (χ0n) is 20.3. The van der Waals surface area contributed by atoms with Gasteiger partial charge in [-0.3, -0.25) is 4.40 Å². The van der Waals surface area contributed by atoms with Gasteiger partial charge >= 0.3 is 0 Å². The van der Waals surface area contributed by atoms with Gasteiger partial charge in [0.15, 0.2) is 0 Å². The molecule has 3 saturated carbocycles. The molecule has 4 aliphatic rings. The second-order valence-corrected chi connectivity index (χ2v) is 12.4. The van der Waals surface area contributed by atoms with E-state index in [-0.39, 0.29) is 5.41 Å². The summed E-state index contributed by atoms with van der Waals surface area (Å²) in [7, 11) is 0. The number of aromatic nitrogens is 3. The normalized spacial score (nSPS) is 42.1. The molecule has 0 aliphatic heterocycles. The molecule has 0 saturated heterocycles. The van der Waals surface area contributed by atoms with Crippen LogP contribution in [0.15, 0.2) is 30.5 Å². The fourth-order valence-electron chi connectivity index (χ4n) is 9.47. The maximum atomic E-state index is 11.5. The van der Waals surface area contributed by atoms with Crippen LogP contribution in [0.5, 0.6) is 0 Å². The molecule has 1 N–H and O–H groups in total. The van der Waals surface area contributed by atoms with Gasteiger partial charge in [0.2, 0.25) is 5.78 Å². The highest BCUT2D eigenvalue weighted by atomic mass is 16.3. The number of rotatable bonds is 1. The lowest BCUT2D eigenvalue weighted by molar-refractivity contribution is -0.147. The Morgan fingerprint density at radius 1 is 1.03 bits per heavy atom. The summed E-state index contributed by atoms with van der Waals surface area (Å²) >= 11 is 0. The van der Waals surface area contributed by atoms with Gasteiger partial charge in [-0.05, 0) is 110 Å². The predicted octanol–water partition coefficient (Wildman–Crippen LogP) is 5.98. The van der Waals surface area contributed by atoms with Crippen LogP contribution in [-0.2, 0) is 12.8 Å². The topological polar surface area (TPSA) is 50.4 Å². The van der Waals surface area contributed by atoms with E-state index < -0.39 is 5.60 Å². The van der Waals surface area contributed by atoms with Crippen LogP contribution in [0.3, 0.4) is 0 Å². The van der Waals surface area contributed by atoms with E-state index in [0.717, 1.165) is 60.2 Å². The summed E-state index contributed by atoms with van der Waals surface area (Å²) in [4.78, 5) is 9.90. The third-order valence-corrected chi connectivity index (χ3v) is 11.5. The SMILES string of the molecule is CC[C@]1(O)CCC2C3CCC4Cc5nc6nc7ccccc7n6cc5C[C@]4(C)C3CC[C@@]21C. The van der Waals surface area contributed by atoms with Gasteiger partial charge in [-0.25, -0.2) is 9.97 Å². The van der Waals surface area contributed by atoms with E-state index in [0.29, 0.717) is 11.3 Å². The fourth-order valence-corrected chi connectivity index (χ4v) is 9.47. The Morgan fingerprint density at radius 2 is 1.85 bits per heavy atom. The average Bonchev–Trinajstić information content (AvgIpc) is 3.30. The van der Waals surface area contributed by atoms with E-state index in [1.165, 1.54) is 43.4 Å². The predicted molar refractivity (Wildman–Crippen MR) is 131 cm³/mol. The molecular formula is C29H37N3O. The summed E-state index contributed by atoms with van der Waals surface area (Å²) in [6.07, 6.45) is 12.9. The molecule has 0 amide bonds. The van der Waals surface area contributed by atoms with Crippen molar-refractivity contribution in [2.24, 2.45) is 34.5 Å². The van der Waals surface area contributed by atoms with Gasteiger partial charge in [-0.15, -0.1) is 0 Å². The molecule has 33 heavy (non-hydrogen) atoms. The number of benzene rings is 1. The molecule has 0 bridgehead atoms. The molecular weight excluding hydrogens is 406 g/mol. The standard InChI is InChI=1S/C29H37N3O/c1-4-29(33)14-12-22-20-10-9-19-15-24-18(16-27(19,2)21(20)11-13-28(22,29)3)17-32-25-8-6-5-7-23(25)30-26(32)31-24/h5-8,17,19-22,33H,4,9-16H2,1-3H3/t19?,20?,21?,22?,27-,28-,29-/m0/s1. The van der Waals surface area contributed by atoms with E-state index in [2.05, 4.69) is 55.6 Å². The molecule has 4 aliphatic carbocycles. The number of nitrogens with zero attached hydrogens (tertiary/aromatic N) is 3. The first kappa shape index (κ1) is 20.4. The van der Waals surface area contributed by atoms with Crippen molar-refractivity contribution < 1.29 is 5.11 Å². The van der Waals surface area contributed by atoms with E-state index in [4.69, 9.17) is 9.97 Å². The van der Waals surface area contributed by atoms with Gasteiger partial charge in [-0.1, -0.05) is 32.9 Å². The van der Waals surface area contributed by atoms with Crippen LogP contribution in [0.25, 0.3) is 16.8 Å². The third kappa shape index (κ3) is 2.51. The Hall–Kier alpha value is -1.94. The second kappa shape index (κ2) is 6.59. The van der Waals surface area contributed by atoms with Crippen molar-refractivity contribution in [1.82, 2.24) is 14.4 Å². The van der Waals surface area contributed by atoms with Gasteiger partial charge in [0.05, 0.1) is 16.6 Å². The van der Waals surface area contributed by atoms with E-state index in [1.54, 1.807) is 0 Å². The van der Waals surface area contributed by atoms with Gasteiger partial charge in [0, 0.05) is 11.9 Å². The van der Waals surface area contributed by atoms with Gasteiger partial charge < -0.3 is 5.11 Å². The minimum absolute atomic E-state index is 0.113. The molecule has 4 heteroatoms. The maximum absolute atomic E-state index is 11.5. The molecule has 2 heterocycles. The summed E-state index contributed by atoms with van der Waals surface area (Å²) in [5, 5.41) is 11.5. The van der Waals surface area contributed by atoms with Crippen LogP contribution in [0.1, 0.15) is 77.0 Å². The number of imidazole rings is 1. The highest BCUT2D eigenvalue weighted by Gasteiger charge is 2.64. The number of fused-ring (bicyclic) bond motifs is 9. The quantitative estimate of drug-likeness (QED) is 0.503. The Balaban J connectivity index is 1.28. The summed E-state index contributed by atoms with van der Waals surface area (Å²) in [5.41, 5.74) is 4.94. The highest BCUT2D eigenvalue weighted by molar-refractivity contribution is 5.79. The first-order valence-electron chi connectivity index (χ1n) is 13.3. The summed E-state index contributed by atoms with van der Waals surface area (Å²) < 4.78 is 2.22. The largest absolute Gasteiger partial charge is 0.389 e. The van der Waals surface area contributed by atoms with Crippen molar-refractivity contribution in [2.75, 3.05) is 0 Å². The Labute approximate surface area is 196 Å². The van der Waals surface area contributed by atoms with Gasteiger partial charge in [0.1, 0.15) is 0 Å². The molecule has 7 rings (SSSR count). The molecule has 0 radical (unpaired) electrons. The summed E-state index contributed by atoms with van der Waals surface area (Å²) in [6.45, 7) is 7.24. The third-order valence-electron chi connectivity index (χ3n) is 11.5. The van der Waals surface area contributed by atoms with Crippen molar-refractivity contribution in [1.29, 1.82) is 0 Å². The maximum Gasteiger partial charge on any atom is 0.235 e. The Bertz CT molecular complexity index is 1260. The fraction of sp³-hybridized carbons (Fsp3) is 0.655. The van der Waals surface area contributed by atoms with Crippen molar-refractivity contribution in [3.63, 3.8) is 0 Å². The molecule has 7 atom stereocenters. The molecule has 0 spiro atoms. The first-order valence-corrected chi connectivity index (χ1v) is 13.3. The monoisotopic (exact) mass is 443 g/mol. The Kier molecular flexibility index (Phi) is 4.08. The zero-order valence-corrected chi connectivity index (χ0v) is 20.3. The van der Waals surface area contributed by atoms with E-state index >= 15 is 0 Å². The average molecular weight is 444 g/mol. The van der Waals surface area contributed by atoms with Crippen molar-refractivity contribution in [3.05, 3.63) is 41.7 Å². The number of aliphatic hydroxyl groups is 1. The van der Waals surface area contributed by atoms with E-state index in [1.807, 2.05) is 0 Å². The number of hydrogen-bond acceptors (Lipinski definition) is 3. The van der Waals surface area contributed by atoms with Crippen molar-refractivity contribution in [3.8, 4) is 0 Å². The van der Waals surface area contributed by atoms with E-state index in [9.17, 15) is 5.11 Å². The van der Waals surface area contributed by atoms with Crippen LogP contribution >= 0.6 is 0 Å². The lowest BCUT2D eigenvalue weighted by Crippen LogP contribution is -2.57. The minimum Gasteiger partial charge on any atom is -0.389 e. The van der Waals surface area contributed by atoms with Crippen molar-refractivity contribution in [2.45, 2.75) is 84.2 Å². The lowest BCUT2D eigenvalue weighted by Gasteiger charge is -2.61. The summed E-state index contributed by atoms with van der Waals surface area (Å²) in [5.74, 6) is 3.82. The van der Waals surface area contributed by atoms with Gasteiger partial charge in [0.25, 0.3) is 0 Å². The zero-order chi connectivity index (χ0) is 22.6. The van der Waals surface area contributed by atoms with Crippen LogP contribution in [0.4, 0.5) is 0 Å². The van der Waals surface area contributed by atoms with Crippen LogP contribution < -0.4 is 0 Å². The molecule has 1 aromatic carbocycles. The van der Waals surface area contributed by atoms with Crippen LogP contribution in [-0.4, -0.2) is 25.1 Å². The lowest BCUT2D eigenvalue weighted by atomic mass is 9.44. The molecule has 3 aromatic rings. The van der Waals surface area contributed by atoms with Crippen molar-refractivity contribution >= 4 is 16.8 Å². The summed E-state index contributed by atoms with van der Waals surface area (Å²) in [6, 6.07) is 8.40. The number of hydrogen-bond donors (Lipinski definition) is 1. The molecule has 174 valence electrons. The molecule has 4 unspecified atom stereocenters. The number of para-hydroxylation sites is 2. The smallest absolute Gasteiger partial charge is 0.235 e. The molecule has 4 nitrogen and oxygen atoms in total.